The van der Waals surface area contributed by atoms with Crippen LogP contribution in [0.4, 0.5) is 9.52 Å². The first-order valence-corrected chi connectivity index (χ1v) is 10.7. The molecule has 1 amide bonds. The summed E-state index contributed by atoms with van der Waals surface area (Å²) >= 11 is 2.82. The average Bonchev–Trinajstić information content (AvgIpc) is 3.13. The fourth-order valence-electron chi connectivity index (χ4n) is 2.95. The van der Waals surface area contributed by atoms with Crippen LogP contribution in [-0.4, -0.2) is 28.4 Å². The molecule has 3 rings (SSSR count). The van der Waals surface area contributed by atoms with Crippen molar-refractivity contribution in [1.29, 1.82) is 0 Å². The molecule has 140 valence electrons. The van der Waals surface area contributed by atoms with Crippen molar-refractivity contribution in [2.45, 2.75) is 43.0 Å². The highest BCUT2D eigenvalue weighted by Gasteiger charge is 2.14. The molecule has 0 atom stereocenters. The predicted octanol–water partition coefficient (Wildman–Crippen LogP) is 4.08. The zero-order valence-electron chi connectivity index (χ0n) is 14.5. The second kappa shape index (κ2) is 9.87. The van der Waals surface area contributed by atoms with E-state index < -0.39 is 0 Å². The standard InChI is InChI=1S/C18H23FN4OS2/c19-15-8-6-14(7-9-15)11-21-17-22-23-18(26-17)25-12-16(24)20-10-13-4-2-1-3-5-13/h6-9,13H,1-5,10-12H2,(H,20,24)(H,21,22). The fourth-order valence-corrected chi connectivity index (χ4v) is 4.52. The van der Waals surface area contributed by atoms with Gasteiger partial charge in [-0.3, -0.25) is 4.79 Å². The van der Waals surface area contributed by atoms with E-state index >= 15 is 0 Å². The lowest BCUT2D eigenvalue weighted by molar-refractivity contribution is -0.118. The summed E-state index contributed by atoms with van der Waals surface area (Å²) in [6, 6.07) is 6.33. The van der Waals surface area contributed by atoms with Gasteiger partial charge in [0.25, 0.3) is 0 Å². The van der Waals surface area contributed by atoms with Crippen molar-refractivity contribution in [3.63, 3.8) is 0 Å². The van der Waals surface area contributed by atoms with Gasteiger partial charge < -0.3 is 10.6 Å². The van der Waals surface area contributed by atoms with Crippen molar-refractivity contribution in [3.05, 3.63) is 35.6 Å². The van der Waals surface area contributed by atoms with E-state index in [0.717, 1.165) is 16.4 Å². The Kier molecular flexibility index (Phi) is 7.25. The van der Waals surface area contributed by atoms with Gasteiger partial charge in [-0.1, -0.05) is 54.5 Å². The number of nitrogens with zero attached hydrogens (tertiary/aromatic N) is 2. The van der Waals surface area contributed by atoms with Crippen LogP contribution in [0, 0.1) is 11.7 Å². The molecule has 1 aliphatic carbocycles. The average molecular weight is 395 g/mol. The van der Waals surface area contributed by atoms with Crippen LogP contribution in [0.15, 0.2) is 28.6 Å². The SMILES string of the molecule is O=C(CSc1nnc(NCc2ccc(F)cc2)s1)NCC1CCCCC1. The molecule has 1 heterocycles. The molecule has 26 heavy (non-hydrogen) atoms. The molecule has 8 heteroatoms. The number of carbonyl (C=O) groups excluding carboxylic acids is 1. The second-order valence-electron chi connectivity index (χ2n) is 6.45. The van der Waals surface area contributed by atoms with Gasteiger partial charge in [-0.25, -0.2) is 4.39 Å². The summed E-state index contributed by atoms with van der Waals surface area (Å²) < 4.78 is 13.7. The van der Waals surface area contributed by atoms with Crippen molar-refractivity contribution in [2.24, 2.45) is 5.92 Å². The minimum absolute atomic E-state index is 0.0524. The lowest BCUT2D eigenvalue weighted by atomic mass is 9.89. The maximum absolute atomic E-state index is 12.9. The summed E-state index contributed by atoms with van der Waals surface area (Å²) in [6.45, 7) is 1.35. The summed E-state index contributed by atoms with van der Waals surface area (Å²) in [4.78, 5) is 12.0. The molecule has 0 bridgehead atoms. The lowest BCUT2D eigenvalue weighted by Gasteiger charge is -2.21. The molecular formula is C18H23FN4OS2. The third kappa shape index (κ3) is 6.25. The minimum atomic E-state index is -0.245. The zero-order valence-corrected chi connectivity index (χ0v) is 16.2. The van der Waals surface area contributed by atoms with Gasteiger partial charge in [0.15, 0.2) is 4.34 Å². The van der Waals surface area contributed by atoms with Crippen molar-refractivity contribution in [2.75, 3.05) is 17.6 Å². The van der Waals surface area contributed by atoms with Crippen LogP contribution in [0.2, 0.25) is 0 Å². The topological polar surface area (TPSA) is 66.9 Å². The van der Waals surface area contributed by atoms with Gasteiger partial charge in [-0.05, 0) is 36.5 Å². The molecule has 2 aromatic rings. The smallest absolute Gasteiger partial charge is 0.230 e. The summed E-state index contributed by atoms with van der Waals surface area (Å²) in [5.74, 6) is 0.808. The summed E-state index contributed by atoms with van der Waals surface area (Å²) in [5.41, 5.74) is 0.970. The van der Waals surface area contributed by atoms with E-state index in [2.05, 4.69) is 20.8 Å². The number of hydrogen-bond donors (Lipinski definition) is 2. The maximum atomic E-state index is 12.9. The minimum Gasteiger partial charge on any atom is -0.356 e. The van der Waals surface area contributed by atoms with Crippen LogP contribution >= 0.6 is 23.1 Å². The monoisotopic (exact) mass is 394 g/mol. The van der Waals surface area contributed by atoms with E-state index in [1.54, 1.807) is 12.1 Å². The van der Waals surface area contributed by atoms with Gasteiger partial charge in [0.1, 0.15) is 5.82 Å². The van der Waals surface area contributed by atoms with Gasteiger partial charge in [0.05, 0.1) is 5.75 Å². The number of anilines is 1. The number of aromatic nitrogens is 2. The van der Waals surface area contributed by atoms with Gasteiger partial charge in [0.2, 0.25) is 11.0 Å². The number of carbonyl (C=O) groups is 1. The Labute approximate surface area is 161 Å². The highest BCUT2D eigenvalue weighted by molar-refractivity contribution is 8.01. The summed E-state index contributed by atoms with van der Waals surface area (Å²) in [6.07, 6.45) is 6.36. The molecule has 1 aliphatic rings. The van der Waals surface area contributed by atoms with Gasteiger partial charge >= 0.3 is 0 Å². The van der Waals surface area contributed by atoms with Crippen LogP contribution in [0.1, 0.15) is 37.7 Å². The molecule has 5 nitrogen and oxygen atoms in total. The van der Waals surface area contributed by atoms with E-state index in [1.807, 2.05) is 0 Å². The molecule has 1 fully saturated rings. The Balaban J connectivity index is 1.36. The van der Waals surface area contributed by atoms with E-state index in [4.69, 9.17) is 0 Å². The number of thioether (sulfide) groups is 1. The Hall–Kier alpha value is -1.67. The van der Waals surface area contributed by atoms with Crippen LogP contribution in [0.25, 0.3) is 0 Å². The van der Waals surface area contributed by atoms with Crippen molar-refractivity contribution >= 4 is 34.1 Å². The van der Waals surface area contributed by atoms with Crippen LogP contribution in [0.5, 0.6) is 0 Å². The number of nitrogens with one attached hydrogen (secondary N) is 2. The van der Waals surface area contributed by atoms with Crippen LogP contribution < -0.4 is 10.6 Å². The summed E-state index contributed by atoms with van der Waals surface area (Å²) in [7, 11) is 0. The number of halogens is 1. The van der Waals surface area contributed by atoms with Crippen molar-refractivity contribution in [3.8, 4) is 0 Å². The lowest BCUT2D eigenvalue weighted by Crippen LogP contribution is -2.31. The molecule has 1 aromatic heterocycles. The molecule has 2 N–H and O–H groups in total. The Morgan fingerprint density at radius 3 is 2.73 bits per heavy atom. The molecular weight excluding hydrogens is 371 g/mol. The maximum Gasteiger partial charge on any atom is 0.230 e. The molecule has 1 saturated carbocycles. The van der Waals surface area contributed by atoms with Gasteiger partial charge in [-0.2, -0.15) is 0 Å². The van der Waals surface area contributed by atoms with Gasteiger partial charge in [-0.15, -0.1) is 10.2 Å². The van der Waals surface area contributed by atoms with E-state index in [1.165, 1.54) is 67.3 Å². The van der Waals surface area contributed by atoms with E-state index in [0.29, 0.717) is 23.3 Å². The van der Waals surface area contributed by atoms with E-state index in [-0.39, 0.29) is 11.7 Å². The van der Waals surface area contributed by atoms with Crippen molar-refractivity contribution < 1.29 is 9.18 Å². The van der Waals surface area contributed by atoms with Crippen LogP contribution in [0.3, 0.4) is 0 Å². The van der Waals surface area contributed by atoms with Crippen LogP contribution in [-0.2, 0) is 11.3 Å². The number of rotatable bonds is 8. The zero-order chi connectivity index (χ0) is 18.2. The first kappa shape index (κ1) is 19.1. The first-order chi connectivity index (χ1) is 12.7. The molecule has 1 aromatic carbocycles. The highest BCUT2D eigenvalue weighted by atomic mass is 32.2. The molecule has 0 aliphatic heterocycles. The normalized spacial score (nSPS) is 15.0. The molecule has 0 spiro atoms. The van der Waals surface area contributed by atoms with Gasteiger partial charge in [0, 0.05) is 13.1 Å². The Morgan fingerprint density at radius 2 is 1.96 bits per heavy atom. The third-order valence-corrected chi connectivity index (χ3v) is 6.42. The molecule has 0 saturated heterocycles. The number of amides is 1. The fraction of sp³-hybridized carbons (Fsp3) is 0.500. The number of hydrogen-bond acceptors (Lipinski definition) is 6. The highest BCUT2D eigenvalue weighted by Crippen LogP contribution is 2.26. The third-order valence-electron chi connectivity index (χ3n) is 4.40. The van der Waals surface area contributed by atoms with E-state index in [9.17, 15) is 9.18 Å². The Morgan fingerprint density at radius 1 is 1.19 bits per heavy atom. The molecule has 0 radical (unpaired) electrons. The molecule has 0 unspecified atom stereocenters. The van der Waals surface area contributed by atoms with Crippen molar-refractivity contribution in [1.82, 2.24) is 15.5 Å². The second-order valence-corrected chi connectivity index (χ2v) is 8.65. The quantitative estimate of drug-likeness (QED) is 0.661. The first-order valence-electron chi connectivity index (χ1n) is 8.90. The summed E-state index contributed by atoms with van der Waals surface area (Å²) in [5, 5.41) is 15.1. The number of benzene rings is 1. The predicted molar refractivity (Wildman–Crippen MR) is 104 cm³/mol. The Bertz CT molecular complexity index is 701. The largest absolute Gasteiger partial charge is 0.356 e.